The van der Waals surface area contributed by atoms with Crippen molar-refractivity contribution in [1.29, 1.82) is 0 Å². The number of hydrogen-bond acceptors (Lipinski definition) is 5. The van der Waals surface area contributed by atoms with Gasteiger partial charge < -0.3 is 14.7 Å². The maximum Gasteiger partial charge on any atom is 0.282 e. The van der Waals surface area contributed by atoms with Crippen molar-refractivity contribution in [2.75, 3.05) is 19.7 Å². The average Bonchev–Trinajstić information content (AvgIpc) is 2.46. The van der Waals surface area contributed by atoms with Crippen molar-refractivity contribution >= 4 is 11.6 Å². The number of carbonyl (C=O) groups is 1. The number of hydrogen-bond donors (Lipinski definition) is 1. The Bertz CT molecular complexity index is 531. The van der Waals surface area contributed by atoms with Gasteiger partial charge in [0.15, 0.2) is 0 Å². The van der Waals surface area contributed by atoms with Crippen molar-refractivity contribution in [1.82, 2.24) is 4.90 Å². The van der Waals surface area contributed by atoms with Gasteiger partial charge in [-0.2, -0.15) is 0 Å². The van der Waals surface area contributed by atoms with Gasteiger partial charge in [-0.1, -0.05) is 6.92 Å². The highest BCUT2D eigenvalue weighted by Gasteiger charge is 2.29. The van der Waals surface area contributed by atoms with Gasteiger partial charge in [0.25, 0.3) is 11.6 Å². The third kappa shape index (κ3) is 2.88. The van der Waals surface area contributed by atoms with Gasteiger partial charge in [0.05, 0.1) is 17.6 Å². The maximum absolute atomic E-state index is 12.4. The lowest BCUT2D eigenvalue weighted by molar-refractivity contribution is -0.385. The molecule has 1 fully saturated rings. The van der Waals surface area contributed by atoms with Gasteiger partial charge in [0.2, 0.25) is 0 Å². The molecule has 0 aliphatic carbocycles. The Morgan fingerprint density at radius 1 is 1.60 bits per heavy atom. The molecule has 1 aromatic carbocycles. The fourth-order valence-corrected chi connectivity index (χ4v) is 2.18. The Labute approximate surface area is 115 Å². The van der Waals surface area contributed by atoms with Gasteiger partial charge in [-0.25, -0.2) is 0 Å². The van der Waals surface area contributed by atoms with Crippen LogP contribution in [0.3, 0.4) is 0 Å². The number of nitro benzene ring substituents is 1. The predicted octanol–water partition coefficient (Wildman–Crippen LogP) is 1.55. The van der Waals surface area contributed by atoms with Crippen LogP contribution in [0.2, 0.25) is 0 Å². The molecule has 2 rings (SSSR count). The fraction of sp³-hybridized carbons (Fsp3) is 0.462. The number of phenolic OH excluding ortho intramolecular Hbond substituents is 1. The zero-order valence-electron chi connectivity index (χ0n) is 11.1. The number of amides is 1. The lowest BCUT2D eigenvalue weighted by Gasteiger charge is -2.32. The highest BCUT2D eigenvalue weighted by Crippen LogP contribution is 2.25. The fourth-order valence-electron chi connectivity index (χ4n) is 2.18. The van der Waals surface area contributed by atoms with E-state index >= 15 is 0 Å². The topological polar surface area (TPSA) is 92.9 Å². The van der Waals surface area contributed by atoms with Gasteiger partial charge in [-0.15, -0.1) is 0 Å². The summed E-state index contributed by atoms with van der Waals surface area (Å²) in [5.74, 6) is -0.617. The van der Waals surface area contributed by atoms with Crippen molar-refractivity contribution in [2.45, 2.75) is 19.4 Å². The Morgan fingerprint density at radius 3 is 3.00 bits per heavy atom. The van der Waals surface area contributed by atoms with Crippen LogP contribution in [0.1, 0.15) is 23.7 Å². The van der Waals surface area contributed by atoms with Crippen LogP contribution >= 0.6 is 0 Å². The van der Waals surface area contributed by atoms with E-state index in [0.717, 1.165) is 18.6 Å². The number of aromatic hydroxyl groups is 1. The predicted molar refractivity (Wildman–Crippen MR) is 70.7 cm³/mol. The number of ether oxygens (including phenoxy) is 1. The van der Waals surface area contributed by atoms with Crippen LogP contribution in [-0.4, -0.2) is 46.6 Å². The third-order valence-electron chi connectivity index (χ3n) is 3.29. The van der Waals surface area contributed by atoms with Gasteiger partial charge in [-0.3, -0.25) is 14.9 Å². The monoisotopic (exact) mass is 280 g/mol. The van der Waals surface area contributed by atoms with Gasteiger partial charge in [0.1, 0.15) is 11.3 Å². The standard InChI is InChI=1S/C13H16N2O5/c1-2-10-8-14(5-6-20-10)13(17)11-7-9(16)3-4-12(11)15(18)19/h3-4,7,10,16H,2,5-6,8H2,1H3. The van der Waals surface area contributed by atoms with E-state index in [-0.39, 0.29) is 23.1 Å². The number of nitro groups is 1. The highest BCUT2D eigenvalue weighted by molar-refractivity contribution is 5.98. The Balaban J connectivity index is 2.28. The van der Waals surface area contributed by atoms with Crippen molar-refractivity contribution < 1.29 is 19.6 Å². The molecule has 7 heteroatoms. The molecule has 1 amide bonds. The summed E-state index contributed by atoms with van der Waals surface area (Å²) >= 11 is 0. The normalized spacial score (nSPS) is 18.9. The lowest BCUT2D eigenvalue weighted by Crippen LogP contribution is -2.45. The smallest absolute Gasteiger partial charge is 0.282 e. The zero-order valence-corrected chi connectivity index (χ0v) is 11.1. The number of carbonyl (C=O) groups excluding carboxylic acids is 1. The third-order valence-corrected chi connectivity index (χ3v) is 3.29. The minimum atomic E-state index is -0.621. The number of nitrogens with zero attached hydrogens (tertiary/aromatic N) is 2. The molecule has 7 nitrogen and oxygen atoms in total. The second kappa shape index (κ2) is 5.87. The Morgan fingerprint density at radius 2 is 2.35 bits per heavy atom. The van der Waals surface area contributed by atoms with E-state index in [1.165, 1.54) is 11.0 Å². The summed E-state index contributed by atoms with van der Waals surface area (Å²) in [5.41, 5.74) is -0.390. The maximum atomic E-state index is 12.4. The molecule has 20 heavy (non-hydrogen) atoms. The molecule has 0 aromatic heterocycles. The Kier molecular flexibility index (Phi) is 4.19. The number of benzene rings is 1. The quantitative estimate of drug-likeness (QED) is 0.669. The lowest BCUT2D eigenvalue weighted by atomic mass is 10.1. The molecule has 108 valence electrons. The van der Waals surface area contributed by atoms with E-state index in [9.17, 15) is 20.0 Å². The van der Waals surface area contributed by atoms with Crippen molar-refractivity contribution in [3.63, 3.8) is 0 Å². The molecule has 0 radical (unpaired) electrons. The number of phenols is 1. The molecular weight excluding hydrogens is 264 g/mol. The molecule has 0 spiro atoms. The molecule has 1 N–H and O–H groups in total. The molecular formula is C13H16N2O5. The zero-order chi connectivity index (χ0) is 14.7. The van der Waals surface area contributed by atoms with Crippen molar-refractivity contribution in [3.8, 4) is 5.75 Å². The SMILES string of the molecule is CCC1CN(C(=O)c2cc(O)ccc2[N+](=O)[O-])CCO1. The van der Waals surface area contributed by atoms with Crippen LogP contribution in [0, 0.1) is 10.1 Å². The molecule has 1 heterocycles. The number of morpholine rings is 1. The van der Waals surface area contributed by atoms with Crippen molar-refractivity contribution in [2.24, 2.45) is 0 Å². The molecule has 1 unspecified atom stereocenters. The first-order chi connectivity index (χ1) is 9.52. The largest absolute Gasteiger partial charge is 0.508 e. The van der Waals surface area contributed by atoms with Crippen LogP contribution in [0.15, 0.2) is 18.2 Å². The van der Waals surface area contributed by atoms with Crippen LogP contribution in [0.4, 0.5) is 5.69 Å². The van der Waals surface area contributed by atoms with Gasteiger partial charge in [0, 0.05) is 19.2 Å². The molecule has 0 bridgehead atoms. The molecule has 1 aromatic rings. The molecule has 0 saturated carbocycles. The van der Waals surface area contributed by atoms with Crippen molar-refractivity contribution in [3.05, 3.63) is 33.9 Å². The van der Waals surface area contributed by atoms with Gasteiger partial charge >= 0.3 is 0 Å². The van der Waals surface area contributed by atoms with Gasteiger partial charge in [-0.05, 0) is 18.6 Å². The van der Waals surface area contributed by atoms with E-state index in [4.69, 9.17) is 4.74 Å². The summed E-state index contributed by atoms with van der Waals surface area (Å²) in [6, 6.07) is 3.47. The van der Waals surface area contributed by atoms with Crippen LogP contribution in [0.5, 0.6) is 5.75 Å². The molecule has 1 saturated heterocycles. The summed E-state index contributed by atoms with van der Waals surface area (Å²) < 4.78 is 5.47. The average molecular weight is 280 g/mol. The molecule has 1 aliphatic heterocycles. The Hall–Kier alpha value is -2.15. The van der Waals surface area contributed by atoms with E-state index < -0.39 is 10.8 Å². The minimum absolute atomic E-state index is 0.0518. The minimum Gasteiger partial charge on any atom is -0.508 e. The summed E-state index contributed by atoms with van der Waals surface area (Å²) in [6.07, 6.45) is 0.718. The first-order valence-electron chi connectivity index (χ1n) is 6.41. The van der Waals surface area contributed by atoms with Crippen LogP contribution in [-0.2, 0) is 4.74 Å². The van der Waals surface area contributed by atoms with E-state index in [1.807, 2.05) is 6.92 Å². The van der Waals surface area contributed by atoms with Crippen LogP contribution in [0.25, 0.3) is 0 Å². The molecule has 1 atom stereocenters. The van der Waals surface area contributed by atoms with Crippen LogP contribution < -0.4 is 0 Å². The van der Waals surface area contributed by atoms with E-state index in [0.29, 0.717) is 19.7 Å². The summed E-state index contributed by atoms with van der Waals surface area (Å²) in [4.78, 5) is 24.3. The second-order valence-electron chi connectivity index (χ2n) is 4.61. The first kappa shape index (κ1) is 14.3. The van der Waals surface area contributed by atoms with E-state index in [1.54, 1.807) is 0 Å². The summed E-state index contributed by atoms with van der Waals surface area (Å²) in [6.45, 7) is 3.16. The summed E-state index contributed by atoms with van der Waals surface area (Å²) in [7, 11) is 0. The molecule has 1 aliphatic rings. The van der Waals surface area contributed by atoms with E-state index in [2.05, 4.69) is 0 Å². The first-order valence-corrected chi connectivity index (χ1v) is 6.41. The summed E-state index contributed by atoms with van der Waals surface area (Å²) in [5, 5.41) is 20.4. The highest BCUT2D eigenvalue weighted by atomic mass is 16.6. The second-order valence-corrected chi connectivity index (χ2v) is 4.61. The number of rotatable bonds is 3.